The lowest BCUT2D eigenvalue weighted by Gasteiger charge is -2.34. The molecule has 0 radical (unpaired) electrons. The number of ether oxygens (including phenoxy) is 1. The fraction of sp³-hybridized carbons (Fsp3) is 0.500. The topological polar surface area (TPSA) is 81.7 Å². The molecule has 2 saturated heterocycles. The maximum Gasteiger partial charge on any atom is 0.254 e. The number of likely N-dealkylation sites (tertiary alicyclic amines) is 1. The number of nitrogens with one attached hydrogen (secondary N) is 1. The van der Waals surface area contributed by atoms with Crippen molar-refractivity contribution in [2.45, 2.75) is 18.4 Å². The SMILES string of the molecule is O=C(c1cccc(-c2ncc[nH]2)c1)N1CCOCC(O)(CN2CCCC2)C1. The monoisotopic (exact) mass is 370 g/mol. The first-order valence-corrected chi connectivity index (χ1v) is 9.55. The van der Waals surface area contributed by atoms with E-state index in [0.29, 0.717) is 25.3 Å². The number of rotatable bonds is 4. The summed E-state index contributed by atoms with van der Waals surface area (Å²) in [6, 6.07) is 7.42. The zero-order chi connectivity index (χ0) is 18.7. The van der Waals surface area contributed by atoms with Crippen molar-refractivity contribution in [2.24, 2.45) is 0 Å². The standard InChI is InChI=1S/C20H26N4O3/c25-19(17-5-3-4-16(12-17)18-21-6-7-22-18)24-10-11-27-15-20(26,14-24)13-23-8-1-2-9-23/h3-7,12,26H,1-2,8-11,13-15H2,(H,21,22). The van der Waals surface area contributed by atoms with Gasteiger partial charge in [0.2, 0.25) is 0 Å². The Labute approximate surface area is 159 Å². The number of β-amino-alcohol motifs (C(OH)–C–C–N with tert-alkyl or cyclic N) is 1. The molecule has 2 aliphatic rings. The molecule has 7 heteroatoms. The van der Waals surface area contributed by atoms with Crippen LogP contribution >= 0.6 is 0 Å². The second-order valence-corrected chi connectivity index (χ2v) is 7.51. The molecule has 0 bridgehead atoms. The van der Waals surface area contributed by atoms with E-state index in [4.69, 9.17) is 4.74 Å². The molecule has 2 aliphatic heterocycles. The molecule has 1 unspecified atom stereocenters. The number of benzene rings is 1. The zero-order valence-electron chi connectivity index (χ0n) is 15.4. The predicted molar refractivity (Wildman–Crippen MR) is 101 cm³/mol. The van der Waals surface area contributed by atoms with Crippen LogP contribution in [0.25, 0.3) is 11.4 Å². The van der Waals surface area contributed by atoms with Gasteiger partial charge in [0.05, 0.1) is 19.8 Å². The Hall–Kier alpha value is -2.22. The summed E-state index contributed by atoms with van der Waals surface area (Å²) < 4.78 is 5.63. The number of imidazole rings is 1. The number of carbonyl (C=O) groups is 1. The van der Waals surface area contributed by atoms with Gasteiger partial charge >= 0.3 is 0 Å². The summed E-state index contributed by atoms with van der Waals surface area (Å²) in [6.45, 7) is 4.01. The molecule has 2 aromatic rings. The Morgan fingerprint density at radius 1 is 1.30 bits per heavy atom. The number of carbonyl (C=O) groups excluding carboxylic acids is 1. The number of nitrogens with zero attached hydrogens (tertiary/aromatic N) is 3. The lowest BCUT2D eigenvalue weighted by molar-refractivity contribution is -0.0524. The maximum atomic E-state index is 13.1. The summed E-state index contributed by atoms with van der Waals surface area (Å²) in [6.07, 6.45) is 5.78. The van der Waals surface area contributed by atoms with Gasteiger partial charge in [0, 0.05) is 36.6 Å². The lowest BCUT2D eigenvalue weighted by Crippen LogP contribution is -2.53. The number of hydrogen-bond donors (Lipinski definition) is 2. The number of aromatic nitrogens is 2. The molecule has 27 heavy (non-hydrogen) atoms. The van der Waals surface area contributed by atoms with Crippen LogP contribution in [0.1, 0.15) is 23.2 Å². The Kier molecular flexibility index (Phi) is 5.24. The van der Waals surface area contributed by atoms with Gasteiger partial charge in [-0.15, -0.1) is 0 Å². The Morgan fingerprint density at radius 3 is 2.93 bits per heavy atom. The van der Waals surface area contributed by atoms with E-state index in [9.17, 15) is 9.90 Å². The highest BCUT2D eigenvalue weighted by atomic mass is 16.5. The fourth-order valence-electron chi connectivity index (χ4n) is 3.95. The third kappa shape index (κ3) is 4.21. The van der Waals surface area contributed by atoms with Crippen molar-refractivity contribution < 1.29 is 14.6 Å². The van der Waals surface area contributed by atoms with Crippen LogP contribution < -0.4 is 0 Å². The molecular formula is C20H26N4O3. The maximum absolute atomic E-state index is 13.1. The van der Waals surface area contributed by atoms with E-state index >= 15 is 0 Å². The van der Waals surface area contributed by atoms with Gasteiger partial charge in [-0.2, -0.15) is 0 Å². The minimum atomic E-state index is -1.03. The first-order valence-electron chi connectivity index (χ1n) is 9.55. The third-order valence-corrected chi connectivity index (χ3v) is 5.25. The molecule has 1 amide bonds. The summed E-state index contributed by atoms with van der Waals surface area (Å²) in [7, 11) is 0. The molecule has 0 saturated carbocycles. The summed E-state index contributed by atoms with van der Waals surface area (Å²) in [5, 5.41) is 11.1. The largest absolute Gasteiger partial charge is 0.384 e. The van der Waals surface area contributed by atoms with Crippen molar-refractivity contribution in [1.82, 2.24) is 19.8 Å². The smallest absolute Gasteiger partial charge is 0.254 e. The highest BCUT2D eigenvalue weighted by Crippen LogP contribution is 2.21. The summed E-state index contributed by atoms with van der Waals surface area (Å²) in [5.74, 6) is 0.642. The van der Waals surface area contributed by atoms with Crippen LogP contribution in [0, 0.1) is 0 Å². The molecule has 1 aromatic carbocycles. The van der Waals surface area contributed by atoms with Crippen LogP contribution in [-0.4, -0.2) is 82.3 Å². The van der Waals surface area contributed by atoms with Crippen LogP contribution in [-0.2, 0) is 4.74 Å². The van der Waals surface area contributed by atoms with Gasteiger partial charge < -0.3 is 24.6 Å². The predicted octanol–water partition coefficient (Wildman–Crippen LogP) is 1.38. The quantitative estimate of drug-likeness (QED) is 0.850. The van der Waals surface area contributed by atoms with Gasteiger partial charge in [0.15, 0.2) is 0 Å². The minimum absolute atomic E-state index is 0.0891. The minimum Gasteiger partial charge on any atom is -0.384 e. The molecule has 1 atom stereocenters. The molecule has 0 aliphatic carbocycles. The molecule has 7 nitrogen and oxygen atoms in total. The van der Waals surface area contributed by atoms with E-state index < -0.39 is 5.60 Å². The number of aliphatic hydroxyl groups is 1. The van der Waals surface area contributed by atoms with Gasteiger partial charge in [-0.3, -0.25) is 4.79 Å². The number of amides is 1. The van der Waals surface area contributed by atoms with E-state index in [-0.39, 0.29) is 19.1 Å². The Balaban J connectivity index is 1.51. The summed E-state index contributed by atoms with van der Waals surface area (Å²) >= 11 is 0. The normalized spacial score (nSPS) is 24.1. The fourth-order valence-corrected chi connectivity index (χ4v) is 3.95. The molecule has 144 valence electrons. The lowest BCUT2D eigenvalue weighted by atomic mass is 10.0. The van der Waals surface area contributed by atoms with E-state index in [2.05, 4.69) is 14.9 Å². The molecule has 3 heterocycles. The summed E-state index contributed by atoms with van der Waals surface area (Å²) in [4.78, 5) is 24.4. The van der Waals surface area contributed by atoms with Crippen LogP contribution in [0.5, 0.6) is 0 Å². The van der Waals surface area contributed by atoms with E-state index in [1.807, 2.05) is 18.2 Å². The first kappa shape index (κ1) is 18.2. The number of hydrogen-bond acceptors (Lipinski definition) is 5. The molecule has 4 rings (SSSR count). The summed E-state index contributed by atoms with van der Waals surface area (Å²) in [5.41, 5.74) is 0.424. The van der Waals surface area contributed by atoms with Gasteiger partial charge in [0.25, 0.3) is 5.91 Å². The Morgan fingerprint density at radius 2 is 2.15 bits per heavy atom. The molecule has 0 spiro atoms. The van der Waals surface area contributed by atoms with Crippen molar-refractivity contribution in [1.29, 1.82) is 0 Å². The van der Waals surface area contributed by atoms with Gasteiger partial charge in [0.1, 0.15) is 11.4 Å². The highest BCUT2D eigenvalue weighted by Gasteiger charge is 2.36. The van der Waals surface area contributed by atoms with Crippen molar-refractivity contribution in [2.75, 3.05) is 45.9 Å². The highest BCUT2D eigenvalue weighted by molar-refractivity contribution is 5.95. The van der Waals surface area contributed by atoms with E-state index in [1.54, 1.807) is 23.4 Å². The second kappa shape index (κ2) is 7.80. The number of aromatic amines is 1. The van der Waals surface area contributed by atoms with Gasteiger partial charge in [-0.05, 0) is 38.1 Å². The zero-order valence-corrected chi connectivity index (χ0v) is 15.4. The molecule has 2 fully saturated rings. The average Bonchev–Trinajstić information content (AvgIpc) is 3.35. The van der Waals surface area contributed by atoms with E-state index in [0.717, 1.165) is 24.5 Å². The van der Waals surface area contributed by atoms with Crippen LogP contribution in [0.15, 0.2) is 36.7 Å². The number of H-pyrrole nitrogens is 1. The van der Waals surface area contributed by atoms with Crippen molar-refractivity contribution in [3.63, 3.8) is 0 Å². The average molecular weight is 370 g/mol. The van der Waals surface area contributed by atoms with Gasteiger partial charge in [-0.1, -0.05) is 12.1 Å². The Bertz CT molecular complexity index is 773. The van der Waals surface area contributed by atoms with Crippen molar-refractivity contribution >= 4 is 5.91 Å². The van der Waals surface area contributed by atoms with Crippen LogP contribution in [0.4, 0.5) is 0 Å². The van der Waals surface area contributed by atoms with Crippen LogP contribution in [0.3, 0.4) is 0 Å². The van der Waals surface area contributed by atoms with Crippen LogP contribution in [0.2, 0.25) is 0 Å². The van der Waals surface area contributed by atoms with Crippen molar-refractivity contribution in [3.05, 3.63) is 42.2 Å². The van der Waals surface area contributed by atoms with E-state index in [1.165, 1.54) is 12.8 Å². The first-order chi connectivity index (χ1) is 13.1. The van der Waals surface area contributed by atoms with Crippen molar-refractivity contribution in [3.8, 4) is 11.4 Å². The third-order valence-electron chi connectivity index (χ3n) is 5.25. The second-order valence-electron chi connectivity index (χ2n) is 7.51. The van der Waals surface area contributed by atoms with Gasteiger partial charge in [-0.25, -0.2) is 4.98 Å². The molecule has 2 N–H and O–H groups in total. The molecular weight excluding hydrogens is 344 g/mol. The molecule has 1 aromatic heterocycles.